The topological polar surface area (TPSA) is 117 Å². The third-order valence-corrected chi connectivity index (χ3v) is 3.65. The Hall–Kier alpha value is -1.83. The molecule has 0 aliphatic carbocycles. The summed E-state index contributed by atoms with van der Waals surface area (Å²) in [7, 11) is 3.15. The molecule has 0 aromatic rings. The van der Waals surface area contributed by atoms with Crippen LogP contribution in [0.4, 0.5) is 0 Å². The first kappa shape index (κ1) is 16.2. The van der Waals surface area contributed by atoms with Crippen LogP contribution in [0.5, 0.6) is 0 Å². The van der Waals surface area contributed by atoms with E-state index in [2.05, 4.69) is 10.5 Å². The van der Waals surface area contributed by atoms with Crippen LogP contribution < -0.4 is 11.1 Å². The van der Waals surface area contributed by atoms with Gasteiger partial charge in [0.25, 0.3) is 0 Å². The standard InChI is InChI=1S/C12H22N4O4/c1-14-9(17)3-6-16(2)11(18)12(10(13)15-19)4-7-20-8-5-12/h19H,3-8H2,1-2H3,(H2,13,15)(H,14,17). The Balaban J connectivity index is 2.80. The third kappa shape index (κ3) is 3.38. The van der Waals surface area contributed by atoms with Gasteiger partial charge in [-0.25, -0.2) is 0 Å². The van der Waals surface area contributed by atoms with Crippen LogP contribution in [0.15, 0.2) is 5.16 Å². The molecule has 1 heterocycles. The fourth-order valence-electron chi connectivity index (χ4n) is 2.26. The van der Waals surface area contributed by atoms with E-state index in [0.29, 0.717) is 26.1 Å². The maximum absolute atomic E-state index is 12.6. The number of carbonyl (C=O) groups is 2. The molecular formula is C12H22N4O4. The summed E-state index contributed by atoms with van der Waals surface area (Å²) < 4.78 is 5.24. The van der Waals surface area contributed by atoms with Crippen LogP contribution in [0.1, 0.15) is 19.3 Å². The first-order valence-electron chi connectivity index (χ1n) is 6.50. The van der Waals surface area contributed by atoms with Crippen molar-refractivity contribution in [1.82, 2.24) is 10.2 Å². The second kappa shape index (κ2) is 7.09. The van der Waals surface area contributed by atoms with E-state index in [9.17, 15) is 9.59 Å². The lowest BCUT2D eigenvalue weighted by atomic mass is 9.77. The molecule has 1 aliphatic rings. The van der Waals surface area contributed by atoms with E-state index in [0.717, 1.165) is 0 Å². The number of hydrogen-bond acceptors (Lipinski definition) is 5. The molecule has 0 saturated carbocycles. The monoisotopic (exact) mass is 286 g/mol. The predicted octanol–water partition coefficient (Wildman–Crippen LogP) is -0.876. The molecule has 0 atom stereocenters. The number of nitrogens with one attached hydrogen (secondary N) is 1. The van der Waals surface area contributed by atoms with Crippen LogP contribution in [0.2, 0.25) is 0 Å². The van der Waals surface area contributed by atoms with E-state index in [4.69, 9.17) is 15.7 Å². The zero-order chi connectivity index (χ0) is 15.2. The van der Waals surface area contributed by atoms with Gasteiger partial charge in [0.1, 0.15) is 5.41 Å². The Morgan fingerprint density at radius 2 is 2.05 bits per heavy atom. The van der Waals surface area contributed by atoms with E-state index >= 15 is 0 Å². The number of carbonyl (C=O) groups excluding carboxylic acids is 2. The highest BCUT2D eigenvalue weighted by atomic mass is 16.5. The molecule has 2 amide bonds. The van der Waals surface area contributed by atoms with Crippen LogP contribution in [-0.4, -0.2) is 61.6 Å². The van der Waals surface area contributed by atoms with Gasteiger partial charge in [-0.1, -0.05) is 5.16 Å². The normalized spacial score (nSPS) is 18.4. The Morgan fingerprint density at radius 1 is 1.45 bits per heavy atom. The Kier molecular flexibility index (Phi) is 5.75. The summed E-state index contributed by atoms with van der Waals surface area (Å²) >= 11 is 0. The molecule has 1 aliphatic heterocycles. The van der Waals surface area contributed by atoms with E-state index in [1.807, 2.05) is 0 Å². The highest BCUT2D eigenvalue weighted by Gasteiger charge is 2.45. The molecular weight excluding hydrogens is 264 g/mol. The second-order valence-corrected chi connectivity index (χ2v) is 4.83. The van der Waals surface area contributed by atoms with Crippen molar-refractivity contribution in [3.63, 3.8) is 0 Å². The van der Waals surface area contributed by atoms with Gasteiger partial charge < -0.3 is 25.9 Å². The van der Waals surface area contributed by atoms with E-state index in [-0.39, 0.29) is 30.6 Å². The molecule has 8 heteroatoms. The van der Waals surface area contributed by atoms with Gasteiger partial charge in [0, 0.05) is 40.3 Å². The van der Waals surface area contributed by atoms with Crippen molar-refractivity contribution in [3.8, 4) is 0 Å². The number of amidine groups is 1. The van der Waals surface area contributed by atoms with E-state index in [1.165, 1.54) is 4.90 Å². The fourth-order valence-corrected chi connectivity index (χ4v) is 2.26. The molecule has 20 heavy (non-hydrogen) atoms. The number of nitrogens with two attached hydrogens (primary N) is 1. The summed E-state index contributed by atoms with van der Waals surface area (Å²) in [5.74, 6) is -0.493. The van der Waals surface area contributed by atoms with Gasteiger partial charge in [-0.2, -0.15) is 0 Å². The molecule has 1 fully saturated rings. The van der Waals surface area contributed by atoms with Crippen molar-refractivity contribution < 1.29 is 19.5 Å². The van der Waals surface area contributed by atoms with Gasteiger partial charge in [-0.05, 0) is 12.8 Å². The average molecular weight is 286 g/mol. The summed E-state index contributed by atoms with van der Waals surface area (Å²) in [6, 6.07) is 0. The number of nitrogens with zero attached hydrogens (tertiary/aromatic N) is 2. The van der Waals surface area contributed by atoms with Gasteiger partial charge in [0.2, 0.25) is 11.8 Å². The van der Waals surface area contributed by atoms with Crippen LogP contribution in [0, 0.1) is 5.41 Å². The Labute approximate surface area is 117 Å². The summed E-state index contributed by atoms with van der Waals surface area (Å²) in [5.41, 5.74) is 4.68. The summed E-state index contributed by atoms with van der Waals surface area (Å²) in [6.45, 7) is 1.04. The second-order valence-electron chi connectivity index (χ2n) is 4.83. The molecule has 0 radical (unpaired) electrons. The summed E-state index contributed by atoms with van der Waals surface area (Å²) in [6.07, 6.45) is 0.944. The van der Waals surface area contributed by atoms with Crippen LogP contribution in [0.3, 0.4) is 0 Å². The van der Waals surface area contributed by atoms with Gasteiger partial charge in [0.15, 0.2) is 5.84 Å². The first-order chi connectivity index (χ1) is 9.47. The first-order valence-corrected chi connectivity index (χ1v) is 6.50. The minimum absolute atomic E-state index is 0.0995. The molecule has 0 aromatic carbocycles. The molecule has 8 nitrogen and oxygen atoms in total. The highest BCUT2D eigenvalue weighted by Crippen LogP contribution is 2.32. The van der Waals surface area contributed by atoms with Crippen molar-refractivity contribution in [2.24, 2.45) is 16.3 Å². The van der Waals surface area contributed by atoms with Gasteiger partial charge >= 0.3 is 0 Å². The molecule has 0 spiro atoms. The molecule has 114 valence electrons. The van der Waals surface area contributed by atoms with E-state index in [1.54, 1.807) is 14.1 Å². The SMILES string of the molecule is CNC(=O)CCN(C)C(=O)C1(C(N)=NO)CCOCC1. The zero-order valence-corrected chi connectivity index (χ0v) is 11.9. The Morgan fingerprint density at radius 3 is 2.55 bits per heavy atom. The predicted molar refractivity (Wildman–Crippen MR) is 72.2 cm³/mol. The van der Waals surface area contributed by atoms with Gasteiger partial charge in [0.05, 0.1) is 0 Å². The average Bonchev–Trinajstić information content (AvgIpc) is 2.51. The molecule has 1 saturated heterocycles. The lowest BCUT2D eigenvalue weighted by Crippen LogP contribution is -2.53. The lowest BCUT2D eigenvalue weighted by Gasteiger charge is -2.37. The van der Waals surface area contributed by atoms with Crippen molar-refractivity contribution >= 4 is 17.6 Å². The minimum Gasteiger partial charge on any atom is -0.409 e. The van der Waals surface area contributed by atoms with Crippen LogP contribution in [-0.2, 0) is 14.3 Å². The highest BCUT2D eigenvalue weighted by molar-refractivity contribution is 6.06. The number of amides is 2. The maximum Gasteiger partial charge on any atom is 0.236 e. The third-order valence-electron chi connectivity index (χ3n) is 3.65. The van der Waals surface area contributed by atoms with E-state index < -0.39 is 5.41 Å². The summed E-state index contributed by atoms with van der Waals surface area (Å²) in [4.78, 5) is 25.3. The molecule has 1 rings (SSSR count). The summed E-state index contributed by atoms with van der Waals surface area (Å²) in [5, 5.41) is 14.4. The fraction of sp³-hybridized carbons (Fsp3) is 0.750. The van der Waals surface area contributed by atoms with Crippen LogP contribution in [0.25, 0.3) is 0 Å². The zero-order valence-electron chi connectivity index (χ0n) is 11.9. The molecule has 0 unspecified atom stereocenters. The van der Waals surface area contributed by atoms with Gasteiger partial charge in [-0.3, -0.25) is 9.59 Å². The van der Waals surface area contributed by atoms with Crippen molar-refractivity contribution in [1.29, 1.82) is 0 Å². The van der Waals surface area contributed by atoms with Crippen molar-refractivity contribution in [2.75, 3.05) is 33.9 Å². The lowest BCUT2D eigenvalue weighted by molar-refractivity contribution is -0.141. The quantitative estimate of drug-likeness (QED) is 0.263. The van der Waals surface area contributed by atoms with Crippen molar-refractivity contribution in [2.45, 2.75) is 19.3 Å². The number of hydrogen-bond donors (Lipinski definition) is 3. The number of oxime groups is 1. The number of rotatable bonds is 5. The molecule has 4 N–H and O–H groups in total. The number of ether oxygens (including phenoxy) is 1. The largest absolute Gasteiger partial charge is 0.409 e. The molecule has 0 bridgehead atoms. The minimum atomic E-state index is -1.04. The van der Waals surface area contributed by atoms with Crippen molar-refractivity contribution in [3.05, 3.63) is 0 Å². The van der Waals surface area contributed by atoms with Gasteiger partial charge in [-0.15, -0.1) is 0 Å². The van der Waals surface area contributed by atoms with Crippen LogP contribution >= 0.6 is 0 Å². The molecule has 0 aromatic heterocycles. The smallest absolute Gasteiger partial charge is 0.236 e. The Bertz CT molecular complexity index is 391. The maximum atomic E-state index is 12.6.